The SMILES string of the molecule is [B]c1cnc2c(c1)CCc1cc(Cl)ccc1C2N1CCC(N2CCN(C(=O)CC3CCN(C(C)=O)CC3)[C@@H](C(C)(C)C)C2)CC1. The highest BCUT2D eigenvalue weighted by Gasteiger charge is 2.41. The quantitative estimate of drug-likeness (QED) is 0.470. The molecule has 6 rings (SSSR count). The molecule has 1 aromatic carbocycles. The molecule has 0 spiro atoms. The van der Waals surface area contributed by atoms with Crippen LogP contribution >= 0.6 is 11.6 Å². The zero-order valence-corrected chi connectivity index (χ0v) is 28.4. The van der Waals surface area contributed by atoms with E-state index in [-0.39, 0.29) is 23.4 Å². The summed E-state index contributed by atoms with van der Waals surface area (Å²) in [6, 6.07) is 9.27. The predicted molar refractivity (Wildman–Crippen MR) is 181 cm³/mol. The number of aryl methyl sites for hydroxylation is 2. The van der Waals surface area contributed by atoms with Gasteiger partial charge in [-0.25, -0.2) is 0 Å². The first-order valence-electron chi connectivity index (χ1n) is 17.0. The molecule has 2 amide bonds. The van der Waals surface area contributed by atoms with Gasteiger partial charge in [-0.2, -0.15) is 0 Å². The summed E-state index contributed by atoms with van der Waals surface area (Å²) in [4.78, 5) is 39.8. The molecule has 45 heavy (non-hydrogen) atoms. The van der Waals surface area contributed by atoms with Crippen molar-refractivity contribution in [2.24, 2.45) is 11.3 Å². The maximum Gasteiger partial charge on any atom is 0.223 e. The first-order valence-corrected chi connectivity index (χ1v) is 17.4. The van der Waals surface area contributed by atoms with Crippen molar-refractivity contribution in [2.75, 3.05) is 45.8 Å². The molecule has 1 unspecified atom stereocenters. The molecule has 2 radical (unpaired) electrons. The smallest absolute Gasteiger partial charge is 0.223 e. The molecular formula is C36H49BClN5O2. The minimum absolute atomic E-state index is 0.00438. The molecule has 0 N–H and O–H groups in total. The Morgan fingerprint density at radius 3 is 2.33 bits per heavy atom. The second-order valence-electron chi connectivity index (χ2n) is 14.9. The number of piperidine rings is 2. The number of halogens is 1. The number of amides is 2. The minimum Gasteiger partial charge on any atom is -0.343 e. The van der Waals surface area contributed by atoms with Crippen molar-refractivity contribution in [2.45, 2.75) is 90.8 Å². The van der Waals surface area contributed by atoms with Crippen LogP contribution in [-0.2, 0) is 22.4 Å². The Kier molecular flexibility index (Phi) is 9.66. The van der Waals surface area contributed by atoms with Gasteiger partial charge >= 0.3 is 0 Å². The van der Waals surface area contributed by atoms with Crippen molar-refractivity contribution < 1.29 is 9.59 Å². The zero-order chi connectivity index (χ0) is 31.9. The maximum atomic E-state index is 13.7. The summed E-state index contributed by atoms with van der Waals surface area (Å²) in [6.45, 7) is 14.7. The lowest BCUT2D eigenvalue weighted by Crippen LogP contribution is -2.62. The van der Waals surface area contributed by atoms with Crippen LogP contribution in [0.5, 0.6) is 0 Å². The van der Waals surface area contributed by atoms with Crippen molar-refractivity contribution in [1.29, 1.82) is 0 Å². The summed E-state index contributed by atoms with van der Waals surface area (Å²) in [5, 5.41) is 0.786. The molecule has 1 aromatic heterocycles. The van der Waals surface area contributed by atoms with E-state index in [0.717, 1.165) is 101 Å². The van der Waals surface area contributed by atoms with Crippen molar-refractivity contribution in [3.8, 4) is 0 Å². The van der Waals surface area contributed by atoms with E-state index in [9.17, 15) is 9.59 Å². The summed E-state index contributed by atoms with van der Waals surface area (Å²) in [7, 11) is 6.18. The normalized spacial score (nSPS) is 24.2. The molecule has 2 atom stereocenters. The summed E-state index contributed by atoms with van der Waals surface area (Å²) < 4.78 is 0. The molecule has 3 saturated heterocycles. The van der Waals surface area contributed by atoms with Crippen LogP contribution in [0.25, 0.3) is 0 Å². The van der Waals surface area contributed by atoms with Gasteiger partial charge in [0.15, 0.2) is 0 Å². The number of nitrogens with zero attached hydrogens (tertiary/aromatic N) is 5. The third kappa shape index (κ3) is 7.13. The fourth-order valence-corrected chi connectivity index (χ4v) is 8.53. The number of fused-ring (bicyclic) bond motifs is 2. The van der Waals surface area contributed by atoms with Gasteiger partial charge in [0.2, 0.25) is 11.8 Å². The van der Waals surface area contributed by atoms with Gasteiger partial charge in [0, 0.05) is 82.5 Å². The number of aromatic nitrogens is 1. The van der Waals surface area contributed by atoms with E-state index in [1.807, 2.05) is 17.2 Å². The standard InChI is InChI=1S/C36H49BClN5O2/c1-24(44)40-13-9-25(10-14-40)19-33(45)43-18-17-42(23-32(43)36(2,3)4)30-11-15-41(16-12-30)35-31-8-7-29(38)21-26(31)5-6-27-20-28(37)22-39-34(27)35/h7-8,20-22,25,30,32,35H,5-6,9-19,23H2,1-4H3/t32-,35?/m1/s1. The van der Waals surface area contributed by atoms with Crippen LogP contribution in [0.15, 0.2) is 30.5 Å². The highest BCUT2D eigenvalue weighted by molar-refractivity contribution is 6.32. The molecule has 4 aliphatic rings. The second-order valence-corrected chi connectivity index (χ2v) is 15.4. The fourth-order valence-electron chi connectivity index (χ4n) is 8.33. The predicted octanol–water partition coefficient (Wildman–Crippen LogP) is 4.39. The highest BCUT2D eigenvalue weighted by atomic mass is 35.5. The van der Waals surface area contributed by atoms with Crippen molar-refractivity contribution in [3.05, 3.63) is 57.9 Å². The average molecular weight is 630 g/mol. The van der Waals surface area contributed by atoms with E-state index >= 15 is 0 Å². The molecule has 9 heteroatoms. The third-order valence-corrected chi connectivity index (χ3v) is 11.2. The van der Waals surface area contributed by atoms with Crippen LogP contribution in [0.1, 0.15) is 88.2 Å². The van der Waals surface area contributed by atoms with E-state index in [4.69, 9.17) is 24.4 Å². The zero-order valence-electron chi connectivity index (χ0n) is 27.6. The Hall–Kier alpha value is -2.42. The highest BCUT2D eigenvalue weighted by Crippen LogP contribution is 2.39. The van der Waals surface area contributed by atoms with Gasteiger partial charge in [0.1, 0.15) is 7.85 Å². The number of benzene rings is 1. The van der Waals surface area contributed by atoms with E-state index in [0.29, 0.717) is 24.3 Å². The number of hydrogen-bond acceptors (Lipinski definition) is 5. The number of likely N-dealkylation sites (tertiary alicyclic amines) is 2. The van der Waals surface area contributed by atoms with Crippen LogP contribution < -0.4 is 5.46 Å². The topological polar surface area (TPSA) is 60.0 Å². The van der Waals surface area contributed by atoms with Crippen LogP contribution in [0.4, 0.5) is 0 Å². The Morgan fingerprint density at radius 1 is 0.933 bits per heavy atom. The van der Waals surface area contributed by atoms with Gasteiger partial charge in [-0.15, -0.1) is 0 Å². The van der Waals surface area contributed by atoms with Crippen molar-refractivity contribution >= 4 is 36.7 Å². The lowest BCUT2D eigenvalue weighted by atomic mass is 9.82. The summed E-state index contributed by atoms with van der Waals surface area (Å²) in [5.74, 6) is 0.812. The Morgan fingerprint density at radius 2 is 1.64 bits per heavy atom. The van der Waals surface area contributed by atoms with Crippen molar-refractivity contribution in [3.63, 3.8) is 0 Å². The lowest BCUT2D eigenvalue weighted by molar-refractivity contribution is -0.142. The van der Waals surface area contributed by atoms with Crippen LogP contribution in [0.2, 0.25) is 5.02 Å². The number of hydrogen-bond donors (Lipinski definition) is 0. The van der Waals surface area contributed by atoms with Gasteiger partial charge in [0.25, 0.3) is 0 Å². The van der Waals surface area contributed by atoms with E-state index in [1.54, 1.807) is 6.92 Å². The van der Waals surface area contributed by atoms with E-state index in [2.05, 4.69) is 53.7 Å². The largest absolute Gasteiger partial charge is 0.343 e. The number of pyridine rings is 1. The van der Waals surface area contributed by atoms with Gasteiger partial charge < -0.3 is 9.80 Å². The van der Waals surface area contributed by atoms with Crippen LogP contribution in [0.3, 0.4) is 0 Å². The lowest BCUT2D eigenvalue weighted by Gasteiger charge is -2.51. The summed E-state index contributed by atoms with van der Waals surface area (Å²) in [6.07, 6.45) is 8.32. The molecule has 0 bridgehead atoms. The van der Waals surface area contributed by atoms with Crippen molar-refractivity contribution in [1.82, 2.24) is 24.6 Å². The molecule has 2 aromatic rings. The van der Waals surface area contributed by atoms with Gasteiger partial charge in [0.05, 0.1) is 11.7 Å². The molecule has 3 aliphatic heterocycles. The number of rotatable bonds is 4. The third-order valence-electron chi connectivity index (χ3n) is 11.0. The maximum absolute atomic E-state index is 13.7. The molecule has 0 saturated carbocycles. The van der Waals surface area contributed by atoms with E-state index in [1.165, 1.54) is 16.7 Å². The minimum atomic E-state index is -0.00438. The second kappa shape index (κ2) is 13.4. The fraction of sp³-hybridized carbons (Fsp3) is 0.639. The molecule has 7 nitrogen and oxygen atoms in total. The van der Waals surface area contributed by atoms with E-state index < -0.39 is 0 Å². The molecule has 4 heterocycles. The number of carbonyl (C=O) groups excluding carboxylic acids is 2. The van der Waals surface area contributed by atoms with Gasteiger partial charge in [-0.05, 0) is 78.7 Å². The average Bonchev–Trinajstić information content (AvgIpc) is 3.17. The molecular weight excluding hydrogens is 581 g/mol. The molecule has 1 aliphatic carbocycles. The summed E-state index contributed by atoms with van der Waals surface area (Å²) >= 11 is 6.45. The Labute approximate surface area is 276 Å². The first-order chi connectivity index (χ1) is 21.5. The van der Waals surface area contributed by atoms with Crippen LogP contribution in [0, 0.1) is 11.3 Å². The Bertz CT molecular complexity index is 1340. The Balaban J connectivity index is 1.12. The number of carbonyl (C=O) groups is 2. The molecule has 3 fully saturated rings. The molecule has 240 valence electrons. The van der Waals surface area contributed by atoms with Gasteiger partial charge in [-0.1, -0.05) is 50.0 Å². The number of piperazine rings is 1. The van der Waals surface area contributed by atoms with Gasteiger partial charge in [-0.3, -0.25) is 24.4 Å². The summed E-state index contributed by atoms with van der Waals surface area (Å²) in [5.41, 5.74) is 5.73. The first kappa shape index (κ1) is 32.5. The van der Waals surface area contributed by atoms with Crippen LogP contribution in [-0.4, -0.2) is 102 Å². The monoisotopic (exact) mass is 629 g/mol.